The Morgan fingerprint density at radius 3 is 2.64 bits per heavy atom. The molecule has 0 saturated carbocycles. The van der Waals surface area contributed by atoms with E-state index in [1.165, 1.54) is 6.07 Å². The van der Waals surface area contributed by atoms with Gasteiger partial charge in [0.15, 0.2) is 13.2 Å². The number of benzene rings is 2. The maximum atomic E-state index is 13.5. The highest BCUT2D eigenvalue weighted by Crippen LogP contribution is 2.13. The van der Waals surface area contributed by atoms with E-state index in [1.807, 2.05) is 31.2 Å². The summed E-state index contributed by atoms with van der Waals surface area (Å²) in [5.74, 6) is -1.26. The second-order valence-corrected chi connectivity index (χ2v) is 6.04. The van der Waals surface area contributed by atoms with Crippen LogP contribution < -0.4 is 5.32 Å². The van der Waals surface area contributed by atoms with Crippen LogP contribution in [0, 0.1) is 12.7 Å². The van der Waals surface area contributed by atoms with Crippen LogP contribution in [-0.2, 0) is 27.4 Å². The van der Waals surface area contributed by atoms with Crippen LogP contribution in [0.3, 0.4) is 0 Å². The molecular formula is C19H18FN5O3. The Balaban J connectivity index is 1.45. The van der Waals surface area contributed by atoms with Gasteiger partial charge in [0.05, 0.1) is 0 Å². The molecule has 0 atom stereocenters. The summed E-state index contributed by atoms with van der Waals surface area (Å²) in [5, 5.41) is 14.3. The molecule has 1 amide bonds. The number of aromatic nitrogens is 4. The highest BCUT2D eigenvalue weighted by molar-refractivity contribution is 5.80. The maximum absolute atomic E-state index is 13.5. The van der Waals surface area contributed by atoms with Gasteiger partial charge in [0, 0.05) is 17.7 Å². The van der Waals surface area contributed by atoms with Gasteiger partial charge < -0.3 is 10.1 Å². The lowest BCUT2D eigenvalue weighted by atomic mass is 10.1. The number of hydrogen-bond donors (Lipinski definition) is 1. The molecule has 0 spiro atoms. The number of nitrogens with zero attached hydrogens (tertiary/aromatic N) is 4. The molecule has 2 aromatic carbocycles. The fourth-order valence-electron chi connectivity index (χ4n) is 2.32. The van der Waals surface area contributed by atoms with Gasteiger partial charge in [-0.1, -0.05) is 48.0 Å². The lowest BCUT2D eigenvalue weighted by Gasteiger charge is -2.07. The monoisotopic (exact) mass is 383 g/mol. The zero-order chi connectivity index (χ0) is 19.9. The second kappa shape index (κ2) is 8.85. The molecule has 3 rings (SSSR count). The Labute approximate surface area is 160 Å². The lowest BCUT2D eigenvalue weighted by Crippen LogP contribution is -2.29. The van der Waals surface area contributed by atoms with Crippen LogP contribution in [0.1, 0.15) is 11.1 Å². The average molecular weight is 383 g/mol. The van der Waals surface area contributed by atoms with Crippen LogP contribution in [0.15, 0.2) is 48.5 Å². The van der Waals surface area contributed by atoms with Gasteiger partial charge >= 0.3 is 5.97 Å². The number of nitrogens with one attached hydrogen (secondary N) is 1. The van der Waals surface area contributed by atoms with Crippen LogP contribution in [-0.4, -0.2) is 38.7 Å². The number of rotatable bonds is 7. The molecule has 1 aromatic heterocycles. The van der Waals surface area contributed by atoms with Crippen LogP contribution >= 0.6 is 0 Å². The van der Waals surface area contributed by atoms with Gasteiger partial charge in [-0.25, -0.2) is 9.18 Å². The number of carbonyl (C=O) groups excluding carboxylic acids is 2. The molecule has 1 heterocycles. The highest BCUT2D eigenvalue weighted by Gasteiger charge is 2.12. The van der Waals surface area contributed by atoms with Crippen molar-refractivity contribution in [3.63, 3.8) is 0 Å². The zero-order valence-electron chi connectivity index (χ0n) is 15.1. The van der Waals surface area contributed by atoms with E-state index in [-0.39, 0.29) is 13.1 Å². The van der Waals surface area contributed by atoms with E-state index in [0.29, 0.717) is 11.4 Å². The SMILES string of the molecule is Cc1ccc(-c2nnn(CC(=O)OCC(=O)NCc3ccccc3F)n2)cc1. The third-order valence-corrected chi connectivity index (χ3v) is 3.83. The summed E-state index contributed by atoms with van der Waals surface area (Å²) in [6.07, 6.45) is 0. The normalized spacial score (nSPS) is 10.5. The minimum absolute atomic E-state index is 0.00754. The Morgan fingerprint density at radius 2 is 1.89 bits per heavy atom. The summed E-state index contributed by atoms with van der Waals surface area (Å²) in [7, 11) is 0. The first-order chi connectivity index (χ1) is 13.5. The fourth-order valence-corrected chi connectivity index (χ4v) is 2.32. The quantitative estimate of drug-likeness (QED) is 0.623. The summed E-state index contributed by atoms with van der Waals surface area (Å²) in [4.78, 5) is 24.7. The minimum Gasteiger partial charge on any atom is -0.454 e. The van der Waals surface area contributed by atoms with E-state index in [1.54, 1.807) is 18.2 Å². The van der Waals surface area contributed by atoms with Crippen molar-refractivity contribution < 1.29 is 18.7 Å². The molecule has 0 bridgehead atoms. The summed E-state index contributed by atoms with van der Waals surface area (Å²) < 4.78 is 18.4. The number of ether oxygens (including phenoxy) is 1. The van der Waals surface area contributed by atoms with Crippen molar-refractivity contribution in [2.24, 2.45) is 0 Å². The van der Waals surface area contributed by atoms with Crippen molar-refractivity contribution in [2.45, 2.75) is 20.0 Å². The van der Waals surface area contributed by atoms with E-state index < -0.39 is 24.3 Å². The second-order valence-electron chi connectivity index (χ2n) is 6.04. The molecule has 0 aliphatic carbocycles. The highest BCUT2D eigenvalue weighted by atomic mass is 19.1. The van der Waals surface area contributed by atoms with Crippen LogP contribution in [0.2, 0.25) is 0 Å². The van der Waals surface area contributed by atoms with Crippen molar-refractivity contribution in [3.8, 4) is 11.4 Å². The predicted octanol–water partition coefficient (Wildman–Crippen LogP) is 1.65. The number of tetrazole rings is 1. The fraction of sp³-hybridized carbons (Fsp3) is 0.211. The van der Waals surface area contributed by atoms with E-state index in [2.05, 4.69) is 20.7 Å². The maximum Gasteiger partial charge on any atom is 0.330 e. The first-order valence-corrected chi connectivity index (χ1v) is 8.52. The number of esters is 1. The molecule has 0 unspecified atom stereocenters. The third kappa shape index (κ3) is 5.19. The predicted molar refractivity (Wildman–Crippen MR) is 97.2 cm³/mol. The van der Waals surface area contributed by atoms with Crippen molar-refractivity contribution in [2.75, 3.05) is 6.61 Å². The number of aryl methyl sites for hydroxylation is 1. The van der Waals surface area contributed by atoms with Crippen LogP contribution in [0.25, 0.3) is 11.4 Å². The molecule has 0 saturated heterocycles. The summed E-state index contributed by atoms with van der Waals surface area (Å²) in [6, 6.07) is 13.6. The Hall–Kier alpha value is -3.62. The summed E-state index contributed by atoms with van der Waals surface area (Å²) >= 11 is 0. The summed E-state index contributed by atoms with van der Waals surface area (Å²) in [5.41, 5.74) is 2.23. The van der Waals surface area contributed by atoms with Gasteiger partial charge in [0.1, 0.15) is 5.82 Å². The zero-order valence-corrected chi connectivity index (χ0v) is 15.1. The number of amides is 1. The van der Waals surface area contributed by atoms with Gasteiger partial charge in [-0.3, -0.25) is 4.79 Å². The first-order valence-electron chi connectivity index (χ1n) is 8.52. The molecule has 144 valence electrons. The summed E-state index contributed by atoms with van der Waals surface area (Å²) in [6.45, 7) is 1.22. The Morgan fingerprint density at radius 1 is 1.14 bits per heavy atom. The standard InChI is InChI=1S/C19H18FN5O3/c1-13-6-8-14(9-7-13)19-22-24-25(23-19)11-18(27)28-12-17(26)21-10-15-4-2-3-5-16(15)20/h2-9H,10-12H2,1H3,(H,21,26). The van der Waals surface area contributed by atoms with Gasteiger partial charge in [0.2, 0.25) is 5.82 Å². The Kier molecular flexibility index (Phi) is 6.05. The van der Waals surface area contributed by atoms with E-state index in [4.69, 9.17) is 4.74 Å². The molecule has 3 aromatic rings. The van der Waals surface area contributed by atoms with Crippen molar-refractivity contribution in [1.82, 2.24) is 25.5 Å². The van der Waals surface area contributed by atoms with E-state index in [9.17, 15) is 14.0 Å². The van der Waals surface area contributed by atoms with Crippen molar-refractivity contribution in [3.05, 3.63) is 65.5 Å². The molecule has 9 heteroatoms. The molecule has 0 radical (unpaired) electrons. The molecule has 28 heavy (non-hydrogen) atoms. The smallest absolute Gasteiger partial charge is 0.330 e. The van der Waals surface area contributed by atoms with E-state index in [0.717, 1.165) is 15.9 Å². The molecule has 1 N–H and O–H groups in total. The molecule has 0 aliphatic rings. The molecule has 0 aliphatic heterocycles. The molecule has 0 fully saturated rings. The lowest BCUT2D eigenvalue weighted by molar-refractivity contribution is -0.149. The van der Waals surface area contributed by atoms with Gasteiger partial charge in [0.25, 0.3) is 5.91 Å². The minimum atomic E-state index is -0.686. The largest absolute Gasteiger partial charge is 0.454 e. The van der Waals surface area contributed by atoms with Crippen molar-refractivity contribution in [1.29, 1.82) is 0 Å². The molecule has 8 nitrogen and oxygen atoms in total. The third-order valence-electron chi connectivity index (χ3n) is 3.83. The van der Waals surface area contributed by atoms with Crippen molar-refractivity contribution >= 4 is 11.9 Å². The number of carbonyl (C=O) groups is 2. The van der Waals surface area contributed by atoms with Crippen LogP contribution in [0.5, 0.6) is 0 Å². The number of halogens is 1. The first kappa shape index (κ1) is 19.2. The van der Waals surface area contributed by atoms with Gasteiger partial charge in [-0.2, -0.15) is 4.80 Å². The topological polar surface area (TPSA) is 99.0 Å². The average Bonchev–Trinajstić information content (AvgIpc) is 3.14. The van der Waals surface area contributed by atoms with Gasteiger partial charge in [-0.05, 0) is 18.2 Å². The molecular weight excluding hydrogens is 365 g/mol. The van der Waals surface area contributed by atoms with Crippen LogP contribution in [0.4, 0.5) is 4.39 Å². The Bertz CT molecular complexity index is 972. The van der Waals surface area contributed by atoms with Gasteiger partial charge in [-0.15, -0.1) is 10.2 Å². The van der Waals surface area contributed by atoms with E-state index >= 15 is 0 Å². The number of hydrogen-bond acceptors (Lipinski definition) is 6.